The Hall–Kier alpha value is -2.11. The van der Waals surface area contributed by atoms with E-state index in [0.717, 1.165) is 15.9 Å². The molecule has 0 aliphatic carbocycles. The second-order valence-corrected chi connectivity index (χ2v) is 8.66. The van der Waals surface area contributed by atoms with Crippen molar-refractivity contribution in [1.82, 2.24) is 4.37 Å². The zero-order valence-electron chi connectivity index (χ0n) is 13.0. The Labute approximate surface area is 153 Å². The van der Waals surface area contributed by atoms with Gasteiger partial charge in [0.1, 0.15) is 16.6 Å². The molecule has 8 nitrogen and oxygen atoms in total. The Bertz CT molecular complexity index is 930. The third-order valence-corrected chi connectivity index (χ3v) is 6.33. The average Bonchev–Trinajstić information content (AvgIpc) is 3.11. The monoisotopic (exact) mass is 396 g/mol. The van der Waals surface area contributed by atoms with Gasteiger partial charge in [0.15, 0.2) is 5.96 Å². The molecular formula is C14H16N6O2S3. The van der Waals surface area contributed by atoms with Gasteiger partial charge in [-0.05, 0) is 23.7 Å². The van der Waals surface area contributed by atoms with Crippen LogP contribution in [0.2, 0.25) is 0 Å². The maximum absolute atomic E-state index is 12.2. The molecule has 0 saturated heterocycles. The first kappa shape index (κ1) is 17.7. The quantitative estimate of drug-likeness (QED) is 0.485. The van der Waals surface area contributed by atoms with Crippen molar-refractivity contribution < 1.29 is 8.42 Å². The highest BCUT2D eigenvalue weighted by Gasteiger charge is 2.18. The number of anilines is 1. The molecule has 1 aromatic carbocycles. The second-order valence-electron chi connectivity index (χ2n) is 5.08. The van der Waals surface area contributed by atoms with Gasteiger partial charge in [0, 0.05) is 33.9 Å². The minimum absolute atomic E-state index is 0.0408. The summed E-state index contributed by atoms with van der Waals surface area (Å²) in [6.45, 7) is 0.515. The topological polar surface area (TPSA) is 136 Å². The van der Waals surface area contributed by atoms with E-state index in [1.54, 1.807) is 0 Å². The van der Waals surface area contributed by atoms with Crippen molar-refractivity contribution in [2.24, 2.45) is 21.5 Å². The van der Waals surface area contributed by atoms with Crippen LogP contribution in [0.4, 0.5) is 5.82 Å². The normalized spacial score (nSPS) is 17.8. The van der Waals surface area contributed by atoms with E-state index in [9.17, 15) is 8.42 Å². The Morgan fingerprint density at radius 3 is 2.96 bits per heavy atom. The summed E-state index contributed by atoms with van der Waals surface area (Å²) < 4.78 is 29.4. The van der Waals surface area contributed by atoms with Gasteiger partial charge in [0.05, 0.1) is 16.1 Å². The number of aliphatic imine (C=N–C) groups is 2. The highest BCUT2D eigenvalue weighted by Crippen LogP contribution is 2.25. The lowest BCUT2D eigenvalue weighted by atomic mass is 10.3. The van der Waals surface area contributed by atoms with Gasteiger partial charge in [-0.15, -0.1) is 0 Å². The van der Waals surface area contributed by atoms with Crippen molar-refractivity contribution in [2.45, 2.75) is 0 Å². The number of amidine groups is 1. The van der Waals surface area contributed by atoms with Crippen molar-refractivity contribution in [2.75, 3.05) is 23.4 Å². The molecule has 0 radical (unpaired) electrons. The van der Waals surface area contributed by atoms with Gasteiger partial charge < -0.3 is 16.8 Å². The van der Waals surface area contributed by atoms with Gasteiger partial charge >= 0.3 is 0 Å². The zero-order chi connectivity index (χ0) is 17.8. The van der Waals surface area contributed by atoms with Crippen LogP contribution >= 0.6 is 11.5 Å². The van der Waals surface area contributed by atoms with E-state index in [2.05, 4.69) is 19.7 Å². The van der Waals surface area contributed by atoms with Crippen molar-refractivity contribution in [3.05, 3.63) is 35.4 Å². The number of nitrogens with zero attached hydrogens (tertiary/aromatic N) is 3. The van der Waals surface area contributed by atoms with Gasteiger partial charge in [0.2, 0.25) is 5.17 Å². The van der Waals surface area contributed by atoms with E-state index in [0.29, 0.717) is 18.0 Å². The van der Waals surface area contributed by atoms with Crippen molar-refractivity contribution in [3.8, 4) is 0 Å². The molecule has 1 aliphatic rings. The minimum Gasteiger partial charge on any atom is -0.370 e. The summed E-state index contributed by atoms with van der Waals surface area (Å²) in [4.78, 5) is 7.75. The molecule has 2 aromatic rings. The van der Waals surface area contributed by atoms with Crippen LogP contribution in [0, 0.1) is 0 Å². The van der Waals surface area contributed by atoms with E-state index in [1.807, 2.05) is 24.3 Å². The molecule has 3 rings (SSSR count). The highest BCUT2D eigenvalue weighted by atomic mass is 32.2. The third-order valence-electron chi connectivity index (χ3n) is 3.20. The Morgan fingerprint density at radius 1 is 1.36 bits per heavy atom. The summed E-state index contributed by atoms with van der Waals surface area (Å²) in [5.74, 6) is 1.21. The summed E-state index contributed by atoms with van der Waals surface area (Å²) in [5, 5.41) is 5.72. The Morgan fingerprint density at radius 2 is 2.16 bits per heavy atom. The number of benzene rings is 1. The minimum atomic E-state index is -1.49. The molecule has 0 amide bonds. The van der Waals surface area contributed by atoms with Gasteiger partial charge in [-0.1, -0.05) is 12.1 Å². The lowest BCUT2D eigenvalue weighted by molar-refractivity contribution is 0.684. The van der Waals surface area contributed by atoms with Crippen LogP contribution in [0.5, 0.6) is 0 Å². The van der Waals surface area contributed by atoms with Crippen molar-refractivity contribution >= 4 is 60.2 Å². The molecule has 0 saturated carbocycles. The van der Waals surface area contributed by atoms with Crippen molar-refractivity contribution in [1.29, 1.82) is 0 Å². The predicted molar refractivity (Wildman–Crippen MR) is 105 cm³/mol. The molecule has 132 valence electrons. The van der Waals surface area contributed by atoms with E-state index < -0.39 is 21.6 Å². The summed E-state index contributed by atoms with van der Waals surface area (Å²) in [6.07, 6.45) is 0. The maximum atomic E-state index is 12.2. The number of hydrogen-bond donors (Lipinski definition) is 3. The molecule has 0 bridgehead atoms. The van der Waals surface area contributed by atoms with E-state index in [-0.39, 0.29) is 16.9 Å². The second kappa shape index (κ2) is 7.85. The Kier molecular flexibility index (Phi) is 5.56. The van der Waals surface area contributed by atoms with Gasteiger partial charge in [-0.25, -0.2) is 9.20 Å². The molecule has 25 heavy (non-hydrogen) atoms. The van der Waals surface area contributed by atoms with Crippen LogP contribution in [0.3, 0.4) is 0 Å². The van der Waals surface area contributed by atoms with E-state index in [4.69, 9.17) is 11.5 Å². The molecule has 5 N–H and O–H groups in total. The fraction of sp³-hybridized carbons (Fsp3) is 0.214. The van der Waals surface area contributed by atoms with Crippen LogP contribution in [0.25, 0.3) is 10.1 Å². The number of nitrogens with two attached hydrogens (primary N) is 2. The first-order valence-corrected chi connectivity index (χ1v) is 10.7. The van der Waals surface area contributed by atoms with Crippen molar-refractivity contribution in [3.63, 3.8) is 0 Å². The number of rotatable bonds is 6. The molecule has 0 spiro atoms. The number of nitrogens with one attached hydrogen (secondary N) is 1. The standard InChI is InChI=1S/C14H16N6O2S3/c15-13(16)19-14-18-9(8-25(14)22)7-24(21)6-5-17-12-10-3-1-2-4-11(10)23-20-12/h1-4,8H,5-7H2,(H,17,20)(H4,15,16,18,19). The fourth-order valence-electron chi connectivity index (χ4n) is 2.15. The molecule has 0 fully saturated rings. The smallest absolute Gasteiger partial charge is 0.226 e. The molecule has 2 heterocycles. The maximum Gasteiger partial charge on any atom is 0.226 e. The lowest BCUT2D eigenvalue weighted by Crippen LogP contribution is -2.24. The van der Waals surface area contributed by atoms with Crippen LogP contribution < -0.4 is 16.8 Å². The summed E-state index contributed by atoms with van der Waals surface area (Å²) in [6, 6.07) is 7.93. The summed E-state index contributed by atoms with van der Waals surface area (Å²) >= 11 is 1.42. The molecular weight excluding hydrogens is 380 g/mol. The van der Waals surface area contributed by atoms with E-state index in [1.165, 1.54) is 16.9 Å². The predicted octanol–water partition coefficient (Wildman–Crippen LogP) is 0.690. The third kappa shape index (κ3) is 4.50. The number of fused-ring (bicyclic) bond motifs is 1. The Balaban J connectivity index is 1.52. The van der Waals surface area contributed by atoms with Crippen LogP contribution in [0.1, 0.15) is 0 Å². The first-order valence-electron chi connectivity index (χ1n) is 7.26. The van der Waals surface area contributed by atoms with Crippen LogP contribution in [-0.4, -0.2) is 42.0 Å². The summed E-state index contributed by atoms with van der Waals surface area (Å²) in [7, 11) is -2.65. The summed E-state index contributed by atoms with van der Waals surface area (Å²) in [5.41, 5.74) is 11.0. The fourth-order valence-corrected chi connectivity index (χ4v) is 4.85. The van der Waals surface area contributed by atoms with E-state index >= 15 is 0 Å². The number of guanidine groups is 1. The molecule has 1 aromatic heterocycles. The van der Waals surface area contributed by atoms with Gasteiger partial charge in [0.25, 0.3) is 0 Å². The SMILES string of the molecule is NC(N)=NC1=NC(CS(=O)CCNc2nsc3ccccc23)=CS1=O. The number of aromatic nitrogens is 1. The van der Waals surface area contributed by atoms with Gasteiger partial charge in [-0.2, -0.15) is 9.37 Å². The highest BCUT2D eigenvalue weighted by molar-refractivity contribution is 8.03. The molecule has 11 heteroatoms. The first-order chi connectivity index (χ1) is 12.0. The van der Waals surface area contributed by atoms with Crippen LogP contribution in [-0.2, 0) is 21.6 Å². The largest absolute Gasteiger partial charge is 0.370 e. The molecule has 2 atom stereocenters. The zero-order valence-corrected chi connectivity index (χ0v) is 15.5. The molecule has 2 unspecified atom stereocenters. The average molecular weight is 397 g/mol. The number of hydrogen-bond acceptors (Lipinski definition) is 7. The van der Waals surface area contributed by atoms with Crippen LogP contribution in [0.15, 0.2) is 45.4 Å². The molecule has 1 aliphatic heterocycles. The van der Waals surface area contributed by atoms with Gasteiger partial charge in [-0.3, -0.25) is 4.21 Å². The lowest BCUT2D eigenvalue weighted by Gasteiger charge is -2.04.